The van der Waals surface area contributed by atoms with Gasteiger partial charge in [-0.1, -0.05) is 40.0 Å². The molecule has 0 aromatic heterocycles. The fourth-order valence-corrected chi connectivity index (χ4v) is 5.63. The van der Waals surface area contributed by atoms with Gasteiger partial charge >= 0.3 is 41.4 Å². The molecular weight excluding hydrogens is 633 g/mol. The second-order valence-corrected chi connectivity index (χ2v) is 12.9. The molecule has 0 radical (unpaired) electrons. The van der Waals surface area contributed by atoms with Crippen LogP contribution in [0.1, 0.15) is 78.6 Å². The van der Waals surface area contributed by atoms with Crippen molar-refractivity contribution in [2.24, 2.45) is 0 Å². The zero-order chi connectivity index (χ0) is 32.3. The Hall–Kier alpha value is -1.26. The van der Waals surface area contributed by atoms with Crippen LogP contribution >= 0.6 is 23.5 Å². The number of phosphoric acid groups is 3. The SMILES string of the molecule is CCCCC(=O)OC1[C@@H](OC(=O)CCCC)[C@H](OP(=O)(O)O)C(OP(=O)(O)O)[C@H](OP(=O)(O)O)[C@@H]1OC(=O)CCCC. The van der Waals surface area contributed by atoms with Crippen molar-refractivity contribution in [1.82, 2.24) is 0 Å². The maximum atomic E-state index is 12.7. The molecule has 18 nitrogen and oxygen atoms in total. The zero-order valence-corrected chi connectivity index (χ0v) is 25.9. The molecule has 0 saturated heterocycles. The third kappa shape index (κ3) is 14.5. The van der Waals surface area contributed by atoms with Crippen molar-refractivity contribution in [2.75, 3.05) is 0 Å². The number of ether oxygens (including phenoxy) is 3. The van der Waals surface area contributed by atoms with E-state index in [1.807, 2.05) is 0 Å². The van der Waals surface area contributed by atoms with E-state index in [0.29, 0.717) is 19.3 Å². The Kier molecular flexibility index (Phi) is 16.0. The van der Waals surface area contributed by atoms with E-state index in [0.717, 1.165) is 0 Å². The van der Waals surface area contributed by atoms with Crippen LogP contribution in [0.5, 0.6) is 0 Å². The summed E-state index contributed by atoms with van der Waals surface area (Å²) >= 11 is 0. The standard InChI is InChI=1S/C21H39O18P3/c1-4-7-10-13(22)34-16-17(35-14(23)11-8-5-2)19(37-40(25,26)27)21(39-42(31,32)33)20(38-41(28,29)30)18(16)36-15(24)12-9-6-3/h16-21H,4-12H2,1-3H3,(H2,25,26,27)(H2,28,29,30)(H2,31,32,33)/t16?,17-,18-,19-,20+,21?/m1/s1. The minimum absolute atomic E-state index is 0.254. The molecule has 2 unspecified atom stereocenters. The minimum atomic E-state index is -5.71. The number of hydrogen-bond donors (Lipinski definition) is 6. The fourth-order valence-electron chi connectivity index (χ4n) is 3.96. The van der Waals surface area contributed by atoms with Crippen LogP contribution in [0.15, 0.2) is 0 Å². The van der Waals surface area contributed by atoms with E-state index in [9.17, 15) is 57.4 Å². The molecule has 1 aliphatic rings. The molecular formula is C21H39O18P3. The Morgan fingerprint density at radius 3 is 0.905 bits per heavy atom. The van der Waals surface area contributed by atoms with Crippen molar-refractivity contribution in [1.29, 1.82) is 0 Å². The van der Waals surface area contributed by atoms with Gasteiger partial charge in [0.05, 0.1) is 0 Å². The van der Waals surface area contributed by atoms with Crippen LogP contribution in [0.3, 0.4) is 0 Å². The Morgan fingerprint density at radius 2 is 0.690 bits per heavy atom. The Balaban J connectivity index is 3.93. The molecule has 1 fully saturated rings. The highest BCUT2D eigenvalue weighted by Gasteiger charge is 2.62. The summed E-state index contributed by atoms with van der Waals surface area (Å²) in [6.07, 6.45) is -12.5. The lowest BCUT2D eigenvalue weighted by atomic mass is 9.84. The molecule has 21 heteroatoms. The minimum Gasteiger partial charge on any atom is -0.455 e. The molecule has 0 aliphatic heterocycles. The maximum Gasteiger partial charge on any atom is 0.470 e. The van der Waals surface area contributed by atoms with Crippen molar-refractivity contribution in [2.45, 2.75) is 115 Å². The van der Waals surface area contributed by atoms with Gasteiger partial charge in [-0.05, 0) is 19.3 Å². The molecule has 0 bridgehead atoms. The van der Waals surface area contributed by atoms with E-state index in [-0.39, 0.29) is 38.5 Å². The van der Waals surface area contributed by atoms with Crippen molar-refractivity contribution in [3.05, 3.63) is 0 Å². The highest BCUT2D eigenvalue weighted by Crippen LogP contribution is 2.51. The van der Waals surface area contributed by atoms with E-state index in [1.165, 1.54) is 0 Å². The van der Waals surface area contributed by atoms with Crippen molar-refractivity contribution in [3.8, 4) is 0 Å². The third-order valence-electron chi connectivity index (χ3n) is 5.73. The van der Waals surface area contributed by atoms with E-state index >= 15 is 0 Å². The van der Waals surface area contributed by atoms with Gasteiger partial charge in [0.15, 0.2) is 18.3 Å². The summed E-state index contributed by atoms with van der Waals surface area (Å²) in [6.45, 7) is 5.19. The summed E-state index contributed by atoms with van der Waals surface area (Å²) < 4.78 is 65.8. The lowest BCUT2D eigenvalue weighted by Gasteiger charge is -2.47. The van der Waals surface area contributed by atoms with E-state index in [1.54, 1.807) is 20.8 Å². The topological polar surface area (TPSA) is 279 Å². The Morgan fingerprint density at radius 1 is 0.476 bits per heavy atom. The molecule has 42 heavy (non-hydrogen) atoms. The molecule has 6 N–H and O–H groups in total. The van der Waals surface area contributed by atoms with Crippen LogP contribution in [-0.4, -0.2) is 83.9 Å². The summed E-state index contributed by atoms with van der Waals surface area (Å²) in [5.41, 5.74) is 0. The molecule has 1 aliphatic carbocycles. The molecule has 0 amide bonds. The van der Waals surface area contributed by atoms with Gasteiger partial charge < -0.3 is 43.6 Å². The van der Waals surface area contributed by atoms with E-state index in [2.05, 4.69) is 13.6 Å². The van der Waals surface area contributed by atoms with Gasteiger partial charge in [0, 0.05) is 19.3 Å². The molecule has 0 heterocycles. The highest BCUT2D eigenvalue weighted by molar-refractivity contribution is 7.47. The lowest BCUT2D eigenvalue weighted by Crippen LogP contribution is -2.67. The maximum absolute atomic E-state index is 12.7. The summed E-state index contributed by atoms with van der Waals surface area (Å²) in [5, 5.41) is 0. The van der Waals surface area contributed by atoms with Gasteiger partial charge in [0.1, 0.15) is 18.3 Å². The summed E-state index contributed by atoms with van der Waals surface area (Å²) in [5.74, 6) is -3.10. The number of carbonyl (C=O) groups is 3. The van der Waals surface area contributed by atoms with Crippen LogP contribution in [0.2, 0.25) is 0 Å². The van der Waals surface area contributed by atoms with Gasteiger partial charge in [-0.3, -0.25) is 28.0 Å². The number of carbonyl (C=O) groups excluding carboxylic acids is 3. The summed E-state index contributed by atoms with van der Waals surface area (Å²) in [4.78, 5) is 95.6. The first-order valence-electron chi connectivity index (χ1n) is 13.1. The predicted octanol–water partition coefficient (Wildman–Crippen LogP) is 1.74. The third-order valence-corrected chi connectivity index (χ3v) is 7.28. The monoisotopic (exact) mass is 672 g/mol. The Labute approximate surface area is 242 Å². The van der Waals surface area contributed by atoms with Crippen LogP contribution < -0.4 is 0 Å². The lowest BCUT2D eigenvalue weighted by molar-refractivity contribution is -0.241. The van der Waals surface area contributed by atoms with Crippen LogP contribution in [0.25, 0.3) is 0 Å². The first-order valence-corrected chi connectivity index (χ1v) is 17.7. The number of hydrogen-bond acceptors (Lipinski definition) is 12. The normalized spacial score (nSPS) is 25.1. The molecule has 1 rings (SSSR count). The van der Waals surface area contributed by atoms with Crippen molar-refractivity contribution < 1.29 is 85.2 Å². The number of unbranched alkanes of at least 4 members (excludes halogenated alkanes) is 3. The molecule has 0 aromatic carbocycles. The molecule has 6 atom stereocenters. The Bertz CT molecular complexity index is 975. The van der Waals surface area contributed by atoms with E-state index < -0.39 is 78.0 Å². The number of esters is 3. The van der Waals surface area contributed by atoms with Crippen molar-refractivity contribution in [3.63, 3.8) is 0 Å². The molecule has 0 spiro atoms. The van der Waals surface area contributed by atoms with Gasteiger partial charge in [-0.2, -0.15) is 0 Å². The van der Waals surface area contributed by atoms with E-state index in [4.69, 9.17) is 14.2 Å². The quantitative estimate of drug-likeness (QED) is 0.0687. The zero-order valence-electron chi connectivity index (χ0n) is 23.3. The average molecular weight is 672 g/mol. The second kappa shape index (κ2) is 17.3. The van der Waals surface area contributed by atoms with Crippen LogP contribution in [0, 0.1) is 0 Å². The van der Waals surface area contributed by atoms with Gasteiger partial charge in [0.2, 0.25) is 0 Å². The number of rotatable bonds is 18. The summed E-state index contributed by atoms with van der Waals surface area (Å²) in [7, 11) is -17.1. The first-order chi connectivity index (χ1) is 19.3. The van der Waals surface area contributed by atoms with Crippen LogP contribution in [0.4, 0.5) is 0 Å². The average Bonchev–Trinajstić information content (AvgIpc) is 2.84. The molecule has 1 saturated carbocycles. The van der Waals surface area contributed by atoms with Gasteiger partial charge in [-0.25, -0.2) is 13.7 Å². The largest absolute Gasteiger partial charge is 0.470 e. The number of phosphoric ester groups is 3. The molecule has 246 valence electrons. The summed E-state index contributed by atoms with van der Waals surface area (Å²) in [6, 6.07) is 0. The molecule has 0 aromatic rings. The highest BCUT2D eigenvalue weighted by atomic mass is 31.2. The van der Waals surface area contributed by atoms with Crippen molar-refractivity contribution >= 4 is 41.4 Å². The van der Waals surface area contributed by atoms with Crippen LogP contribution in [-0.2, 0) is 55.9 Å². The predicted molar refractivity (Wildman–Crippen MR) is 139 cm³/mol. The second-order valence-electron chi connectivity index (χ2n) is 9.36. The van der Waals surface area contributed by atoms with Gasteiger partial charge in [-0.15, -0.1) is 0 Å². The smallest absolute Gasteiger partial charge is 0.455 e. The first kappa shape index (κ1) is 38.8. The van der Waals surface area contributed by atoms with Gasteiger partial charge in [0.25, 0.3) is 0 Å². The fraction of sp³-hybridized carbons (Fsp3) is 0.857.